The number of hydrogen-bond acceptors (Lipinski definition) is 2. The molecule has 1 heterocycles. The topological polar surface area (TPSA) is 29.5 Å². The standard InChI is InChI=1S/C31H27F10NO2/c1-5-17-11-26(32)24(15(2)3)13-25(17)23-7-6-20(29(33,34)35)10-19(23)14-42-16(4)27(44-28(42)43)18-8-21(30(36,37)38)12-22(9-18)31(39,40)41/h6-13,15-16,27H,5,14H2,1-4H3. The molecule has 3 aromatic rings. The molecule has 1 aliphatic rings. The second kappa shape index (κ2) is 11.6. The number of ether oxygens (including phenoxy) is 1. The molecule has 13 heteroatoms. The van der Waals surface area contributed by atoms with E-state index >= 15 is 0 Å². The number of aryl methyl sites for hydroxylation is 1. The van der Waals surface area contributed by atoms with Gasteiger partial charge in [-0.2, -0.15) is 39.5 Å². The van der Waals surface area contributed by atoms with E-state index in [9.17, 15) is 48.7 Å². The lowest BCUT2D eigenvalue weighted by atomic mass is 9.88. The first kappa shape index (κ1) is 33.1. The fourth-order valence-corrected chi connectivity index (χ4v) is 5.27. The Labute approximate surface area is 246 Å². The minimum atomic E-state index is -5.14. The molecule has 0 aliphatic carbocycles. The highest BCUT2D eigenvalue weighted by Gasteiger charge is 2.44. The van der Waals surface area contributed by atoms with Crippen molar-refractivity contribution in [3.05, 3.63) is 93.3 Å². The van der Waals surface area contributed by atoms with Crippen LogP contribution in [0.4, 0.5) is 48.7 Å². The van der Waals surface area contributed by atoms with E-state index in [1.807, 2.05) is 0 Å². The third kappa shape index (κ3) is 6.66. The molecule has 0 radical (unpaired) electrons. The van der Waals surface area contributed by atoms with E-state index in [0.29, 0.717) is 35.2 Å². The van der Waals surface area contributed by atoms with E-state index in [-0.39, 0.29) is 23.1 Å². The van der Waals surface area contributed by atoms with Gasteiger partial charge in [-0.05, 0) is 95.1 Å². The van der Waals surface area contributed by atoms with Crippen LogP contribution in [0.2, 0.25) is 0 Å². The second-order valence-corrected chi connectivity index (χ2v) is 10.9. The Morgan fingerprint density at radius 1 is 0.773 bits per heavy atom. The maximum atomic E-state index is 14.8. The minimum Gasteiger partial charge on any atom is -0.439 e. The monoisotopic (exact) mass is 635 g/mol. The van der Waals surface area contributed by atoms with E-state index < -0.39 is 71.4 Å². The van der Waals surface area contributed by atoms with Crippen LogP contribution in [0.25, 0.3) is 11.1 Å². The van der Waals surface area contributed by atoms with Crippen LogP contribution >= 0.6 is 0 Å². The summed E-state index contributed by atoms with van der Waals surface area (Å²) in [5, 5.41) is 0. The van der Waals surface area contributed by atoms with Gasteiger partial charge in [0.1, 0.15) is 11.9 Å². The van der Waals surface area contributed by atoms with Gasteiger partial charge in [-0.25, -0.2) is 9.18 Å². The van der Waals surface area contributed by atoms with Crippen LogP contribution in [0.1, 0.15) is 78.7 Å². The number of amides is 1. The van der Waals surface area contributed by atoms with Gasteiger partial charge < -0.3 is 4.74 Å². The number of carbonyl (C=O) groups excluding carboxylic acids is 1. The van der Waals surface area contributed by atoms with E-state index in [0.717, 1.165) is 17.0 Å². The first-order valence-electron chi connectivity index (χ1n) is 13.5. The summed E-state index contributed by atoms with van der Waals surface area (Å²) in [5.74, 6) is -0.770. The van der Waals surface area contributed by atoms with Crippen LogP contribution in [0.3, 0.4) is 0 Å². The fraction of sp³-hybridized carbons (Fsp3) is 0.387. The first-order chi connectivity index (χ1) is 20.2. The molecule has 1 amide bonds. The van der Waals surface area contributed by atoms with Gasteiger partial charge in [0.05, 0.1) is 29.3 Å². The molecule has 3 aromatic carbocycles. The number of nitrogens with zero attached hydrogens (tertiary/aromatic N) is 1. The molecular formula is C31H27F10NO2. The summed E-state index contributed by atoms with van der Waals surface area (Å²) < 4.78 is 142. The van der Waals surface area contributed by atoms with E-state index in [2.05, 4.69) is 0 Å². The average molecular weight is 636 g/mol. The Hall–Kier alpha value is -3.77. The molecule has 0 N–H and O–H groups in total. The van der Waals surface area contributed by atoms with Gasteiger partial charge in [-0.15, -0.1) is 0 Å². The normalized spacial score (nSPS) is 17.9. The first-order valence-corrected chi connectivity index (χ1v) is 13.5. The number of benzene rings is 3. The predicted molar refractivity (Wildman–Crippen MR) is 141 cm³/mol. The van der Waals surface area contributed by atoms with E-state index in [4.69, 9.17) is 4.74 Å². The van der Waals surface area contributed by atoms with Crippen molar-refractivity contribution in [3.63, 3.8) is 0 Å². The lowest BCUT2D eigenvalue weighted by Gasteiger charge is -2.25. The zero-order valence-electron chi connectivity index (χ0n) is 23.8. The molecule has 2 unspecified atom stereocenters. The van der Waals surface area contributed by atoms with Gasteiger partial charge in [0, 0.05) is 0 Å². The Morgan fingerprint density at radius 2 is 1.34 bits per heavy atom. The zero-order valence-corrected chi connectivity index (χ0v) is 23.8. The summed E-state index contributed by atoms with van der Waals surface area (Å²) in [5.41, 5.74) is -3.40. The Bertz CT molecular complexity index is 1520. The molecule has 2 atom stereocenters. The predicted octanol–water partition coefficient (Wildman–Crippen LogP) is 10.3. The molecule has 238 valence electrons. The van der Waals surface area contributed by atoms with Crippen LogP contribution < -0.4 is 0 Å². The Balaban J connectivity index is 1.81. The molecule has 1 saturated heterocycles. The molecule has 0 aromatic heterocycles. The van der Waals surface area contributed by atoms with E-state index in [1.165, 1.54) is 25.1 Å². The Kier molecular flexibility index (Phi) is 8.75. The van der Waals surface area contributed by atoms with Crippen molar-refractivity contribution >= 4 is 6.09 Å². The van der Waals surface area contributed by atoms with Crippen LogP contribution in [0.5, 0.6) is 0 Å². The largest absolute Gasteiger partial charge is 0.439 e. The molecule has 1 aliphatic heterocycles. The maximum absolute atomic E-state index is 14.8. The highest BCUT2D eigenvalue weighted by molar-refractivity contribution is 5.75. The third-order valence-electron chi connectivity index (χ3n) is 7.62. The Morgan fingerprint density at radius 3 is 1.84 bits per heavy atom. The SMILES string of the molecule is CCc1cc(F)c(C(C)C)cc1-c1ccc(C(F)(F)F)cc1CN1C(=O)OC(c2cc(C(F)(F)F)cc(C(F)(F)F)c2)C1C. The number of hydrogen-bond donors (Lipinski definition) is 0. The summed E-state index contributed by atoms with van der Waals surface area (Å²) in [6.45, 7) is 5.98. The minimum absolute atomic E-state index is 0.0275. The summed E-state index contributed by atoms with van der Waals surface area (Å²) in [6, 6.07) is 5.32. The molecule has 44 heavy (non-hydrogen) atoms. The smallest absolute Gasteiger partial charge is 0.416 e. The maximum Gasteiger partial charge on any atom is 0.416 e. The number of carbonyl (C=O) groups is 1. The van der Waals surface area contributed by atoms with Crippen LogP contribution in [-0.2, 0) is 36.2 Å². The molecule has 4 rings (SSSR count). The molecule has 0 spiro atoms. The van der Waals surface area contributed by atoms with Crippen molar-refractivity contribution in [2.75, 3.05) is 0 Å². The number of rotatable bonds is 6. The van der Waals surface area contributed by atoms with Gasteiger partial charge >= 0.3 is 24.6 Å². The van der Waals surface area contributed by atoms with Crippen LogP contribution in [-0.4, -0.2) is 17.0 Å². The van der Waals surface area contributed by atoms with Gasteiger partial charge in [0.2, 0.25) is 0 Å². The molecular weight excluding hydrogens is 608 g/mol. The van der Waals surface area contributed by atoms with Crippen molar-refractivity contribution in [2.45, 2.75) is 77.3 Å². The number of cyclic esters (lactones) is 1. The van der Waals surface area contributed by atoms with Gasteiger partial charge in [-0.3, -0.25) is 4.90 Å². The van der Waals surface area contributed by atoms with Gasteiger partial charge in [0.25, 0.3) is 0 Å². The summed E-state index contributed by atoms with van der Waals surface area (Å²) >= 11 is 0. The van der Waals surface area contributed by atoms with Gasteiger partial charge in [0.15, 0.2) is 0 Å². The highest BCUT2D eigenvalue weighted by Crippen LogP contribution is 2.42. The van der Waals surface area contributed by atoms with Crippen molar-refractivity contribution in [1.82, 2.24) is 4.90 Å². The van der Waals surface area contributed by atoms with Crippen molar-refractivity contribution in [2.24, 2.45) is 0 Å². The zero-order chi connectivity index (χ0) is 32.9. The summed E-state index contributed by atoms with van der Waals surface area (Å²) in [7, 11) is 0. The lowest BCUT2D eigenvalue weighted by Crippen LogP contribution is -2.32. The molecule has 0 bridgehead atoms. The lowest BCUT2D eigenvalue weighted by molar-refractivity contribution is -0.143. The van der Waals surface area contributed by atoms with Crippen LogP contribution in [0.15, 0.2) is 48.5 Å². The van der Waals surface area contributed by atoms with Crippen molar-refractivity contribution in [3.8, 4) is 11.1 Å². The van der Waals surface area contributed by atoms with Crippen molar-refractivity contribution < 1.29 is 53.4 Å². The number of halogens is 10. The van der Waals surface area contributed by atoms with E-state index in [1.54, 1.807) is 20.8 Å². The van der Waals surface area contributed by atoms with Gasteiger partial charge in [-0.1, -0.05) is 26.8 Å². The van der Waals surface area contributed by atoms with Crippen molar-refractivity contribution in [1.29, 1.82) is 0 Å². The molecule has 3 nitrogen and oxygen atoms in total. The third-order valence-corrected chi connectivity index (χ3v) is 7.62. The quantitative estimate of drug-likeness (QED) is 0.252. The average Bonchev–Trinajstić information content (AvgIpc) is 3.19. The summed E-state index contributed by atoms with van der Waals surface area (Å²) in [6.07, 6.45) is -17.5. The second-order valence-electron chi connectivity index (χ2n) is 10.9. The molecule has 0 saturated carbocycles. The highest BCUT2D eigenvalue weighted by atomic mass is 19.4. The van der Waals surface area contributed by atoms with Crippen LogP contribution in [0, 0.1) is 5.82 Å². The molecule has 1 fully saturated rings. The number of alkyl halides is 9. The fourth-order valence-electron chi connectivity index (χ4n) is 5.27. The summed E-state index contributed by atoms with van der Waals surface area (Å²) in [4.78, 5) is 13.9.